The second-order valence-corrected chi connectivity index (χ2v) is 5.65. The molecule has 0 radical (unpaired) electrons. The highest BCUT2D eigenvalue weighted by molar-refractivity contribution is 6.00. The van der Waals surface area contributed by atoms with Gasteiger partial charge >= 0.3 is 6.18 Å². The Balaban J connectivity index is 2.18. The molecule has 0 atom stereocenters. The highest BCUT2D eigenvalue weighted by atomic mass is 19.4. The van der Waals surface area contributed by atoms with Crippen LogP contribution < -0.4 is 0 Å². The first-order valence-electron chi connectivity index (χ1n) is 7.47. The Labute approximate surface area is 127 Å². The van der Waals surface area contributed by atoms with Crippen LogP contribution in [0.5, 0.6) is 0 Å². The maximum absolute atomic E-state index is 14.3. The molecule has 2 nitrogen and oxygen atoms in total. The second kappa shape index (κ2) is 6.77. The third-order valence-electron chi connectivity index (χ3n) is 4.10. The molecular weight excluding hydrogens is 298 g/mol. The van der Waals surface area contributed by atoms with Crippen molar-refractivity contribution >= 4 is 5.78 Å². The van der Waals surface area contributed by atoms with E-state index in [4.69, 9.17) is 0 Å². The number of piperidine rings is 1. The van der Waals surface area contributed by atoms with Crippen molar-refractivity contribution in [2.24, 2.45) is 0 Å². The quantitative estimate of drug-likeness (QED) is 0.614. The first-order chi connectivity index (χ1) is 10.3. The van der Waals surface area contributed by atoms with Gasteiger partial charge in [0.05, 0.1) is 5.56 Å². The SMILES string of the molecule is CCCN1CCC(c2cccc(C(=O)C(F)(F)F)c2F)CC1. The van der Waals surface area contributed by atoms with Gasteiger partial charge in [-0.1, -0.05) is 19.1 Å². The molecule has 1 fully saturated rings. The van der Waals surface area contributed by atoms with E-state index >= 15 is 0 Å². The fourth-order valence-corrected chi connectivity index (χ4v) is 2.98. The average molecular weight is 317 g/mol. The normalized spacial score (nSPS) is 17.7. The Bertz CT molecular complexity index is 533. The summed E-state index contributed by atoms with van der Waals surface area (Å²) >= 11 is 0. The van der Waals surface area contributed by atoms with E-state index in [9.17, 15) is 22.4 Å². The van der Waals surface area contributed by atoms with Crippen LogP contribution in [0.1, 0.15) is 48.0 Å². The molecule has 0 spiro atoms. The van der Waals surface area contributed by atoms with Crippen LogP contribution in [0.3, 0.4) is 0 Å². The molecule has 1 aromatic carbocycles. The summed E-state index contributed by atoms with van der Waals surface area (Å²) in [6.45, 7) is 4.66. The number of nitrogens with zero attached hydrogens (tertiary/aromatic N) is 1. The Hall–Kier alpha value is -1.43. The summed E-state index contributed by atoms with van der Waals surface area (Å²) in [4.78, 5) is 13.5. The van der Waals surface area contributed by atoms with Gasteiger partial charge < -0.3 is 4.90 Å². The number of hydrogen-bond acceptors (Lipinski definition) is 2. The van der Waals surface area contributed by atoms with Crippen molar-refractivity contribution in [1.82, 2.24) is 4.90 Å². The third kappa shape index (κ3) is 3.66. The maximum atomic E-state index is 14.3. The minimum Gasteiger partial charge on any atom is -0.303 e. The largest absolute Gasteiger partial charge is 0.454 e. The number of carbonyl (C=O) groups is 1. The number of likely N-dealkylation sites (tertiary alicyclic amines) is 1. The Morgan fingerprint density at radius 2 is 1.91 bits per heavy atom. The molecule has 0 N–H and O–H groups in total. The minimum atomic E-state index is -5.05. The fourth-order valence-electron chi connectivity index (χ4n) is 2.98. The lowest BCUT2D eigenvalue weighted by atomic mass is 9.87. The van der Waals surface area contributed by atoms with Crippen molar-refractivity contribution < 1.29 is 22.4 Å². The fraction of sp³-hybridized carbons (Fsp3) is 0.562. The topological polar surface area (TPSA) is 20.3 Å². The first kappa shape index (κ1) is 16.9. The molecule has 0 unspecified atom stereocenters. The van der Waals surface area contributed by atoms with E-state index in [-0.39, 0.29) is 11.5 Å². The molecule has 0 amide bonds. The second-order valence-electron chi connectivity index (χ2n) is 5.65. The molecular formula is C16H19F4NO. The zero-order chi connectivity index (χ0) is 16.3. The molecule has 0 saturated carbocycles. The number of alkyl halides is 3. The van der Waals surface area contributed by atoms with Gasteiger partial charge in [-0.3, -0.25) is 4.79 Å². The van der Waals surface area contributed by atoms with E-state index in [0.29, 0.717) is 12.8 Å². The smallest absolute Gasteiger partial charge is 0.303 e. The summed E-state index contributed by atoms with van der Waals surface area (Å²) in [5, 5.41) is 0. The predicted molar refractivity (Wildman–Crippen MR) is 75.5 cm³/mol. The third-order valence-corrected chi connectivity index (χ3v) is 4.10. The number of ketones is 1. The van der Waals surface area contributed by atoms with Crippen molar-refractivity contribution in [2.75, 3.05) is 19.6 Å². The van der Waals surface area contributed by atoms with E-state index in [1.807, 2.05) is 0 Å². The van der Waals surface area contributed by atoms with Crippen molar-refractivity contribution in [3.8, 4) is 0 Å². The average Bonchev–Trinajstić information content (AvgIpc) is 2.47. The van der Waals surface area contributed by atoms with Crippen molar-refractivity contribution in [3.63, 3.8) is 0 Å². The van der Waals surface area contributed by atoms with Crippen LogP contribution >= 0.6 is 0 Å². The van der Waals surface area contributed by atoms with Gasteiger partial charge in [-0.15, -0.1) is 0 Å². The molecule has 0 bridgehead atoms. The number of benzene rings is 1. The van der Waals surface area contributed by atoms with E-state index in [2.05, 4.69) is 11.8 Å². The van der Waals surface area contributed by atoms with Gasteiger partial charge in [-0.05, 0) is 56.4 Å². The number of Topliss-reactive ketones (excluding diaryl/α,β-unsaturated/α-hetero) is 1. The van der Waals surface area contributed by atoms with E-state index < -0.39 is 23.3 Å². The summed E-state index contributed by atoms with van der Waals surface area (Å²) in [7, 11) is 0. The maximum Gasteiger partial charge on any atom is 0.454 e. The standard InChI is InChI=1S/C16H19F4NO/c1-2-8-21-9-6-11(7-10-21)12-4-3-5-13(14(12)17)15(22)16(18,19)20/h3-5,11H,2,6-10H2,1H3. The van der Waals surface area contributed by atoms with Gasteiger partial charge in [0.1, 0.15) is 5.82 Å². The minimum absolute atomic E-state index is 0.130. The summed E-state index contributed by atoms with van der Waals surface area (Å²) < 4.78 is 51.9. The molecule has 2 rings (SSSR count). The van der Waals surface area contributed by atoms with Crippen LogP contribution in [0.15, 0.2) is 18.2 Å². The van der Waals surface area contributed by atoms with Crippen LogP contribution in [-0.2, 0) is 0 Å². The lowest BCUT2D eigenvalue weighted by Crippen LogP contribution is -2.34. The van der Waals surface area contributed by atoms with Gasteiger partial charge in [-0.25, -0.2) is 4.39 Å². The van der Waals surface area contributed by atoms with Gasteiger partial charge in [-0.2, -0.15) is 13.2 Å². The molecule has 122 valence electrons. The molecule has 1 aliphatic rings. The molecule has 1 heterocycles. The number of halogens is 4. The molecule has 22 heavy (non-hydrogen) atoms. The predicted octanol–water partition coefficient (Wildman–Crippen LogP) is 4.16. The molecule has 1 aliphatic heterocycles. The highest BCUT2D eigenvalue weighted by Gasteiger charge is 2.41. The van der Waals surface area contributed by atoms with E-state index in [1.165, 1.54) is 12.1 Å². The summed E-state index contributed by atoms with van der Waals surface area (Å²) in [6, 6.07) is 3.72. The summed E-state index contributed by atoms with van der Waals surface area (Å²) in [5.41, 5.74) is -0.646. The van der Waals surface area contributed by atoms with E-state index in [0.717, 1.165) is 32.1 Å². The molecule has 1 aromatic rings. The van der Waals surface area contributed by atoms with Crippen LogP contribution in [-0.4, -0.2) is 36.5 Å². The highest BCUT2D eigenvalue weighted by Crippen LogP contribution is 2.32. The van der Waals surface area contributed by atoms with Gasteiger partial charge in [0.2, 0.25) is 0 Å². The Morgan fingerprint density at radius 1 is 1.27 bits per heavy atom. The number of rotatable bonds is 4. The van der Waals surface area contributed by atoms with Crippen molar-refractivity contribution in [1.29, 1.82) is 0 Å². The van der Waals surface area contributed by atoms with Gasteiger partial charge in [0, 0.05) is 0 Å². The monoisotopic (exact) mass is 317 g/mol. The Kier molecular flexibility index (Phi) is 5.21. The van der Waals surface area contributed by atoms with Crippen LogP contribution in [0.2, 0.25) is 0 Å². The summed E-state index contributed by atoms with van der Waals surface area (Å²) in [5.74, 6) is -3.26. The van der Waals surface area contributed by atoms with E-state index in [1.54, 1.807) is 0 Å². The van der Waals surface area contributed by atoms with Gasteiger partial charge in [0.25, 0.3) is 5.78 Å². The molecule has 0 aliphatic carbocycles. The number of carbonyl (C=O) groups excluding carboxylic acids is 1. The number of hydrogen-bond donors (Lipinski definition) is 0. The summed E-state index contributed by atoms with van der Waals surface area (Å²) in [6.07, 6.45) is -2.63. The Morgan fingerprint density at radius 3 is 2.45 bits per heavy atom. The van der Waals surface area contributed by atoms with Crippen LogP contribution in [0.25, 0.3) is 0 Å². The molecule has 1 saturated heterocycles. The van der Waals surface area contributed by atoms with Crippen LogP contribution in [0.4, 0.5) is 17.6 Å². The van der Waals surface area contributed by atoms with Crippen LogP contribution in [0, 0.1) is 5.82 Å². The molecule has 0 aromatic heterocycles. The van der Waals surface area contributed by atoms with Crippen molar-refractivity contribution in [2.45, 2.75) is 38.3 Å². The van der Waals surface area contributed by atoms with Crippen molar-refractivity contribution in [3.05, 3.63) is 35.1 Å². The lowest BCUT2D eigenvalue weighted by molar-refractivity contribution is -0.0887. The molecule has 6 heteroatoms. The van der Waals surface area contributed by atoms with Gasteiger partial charge in [0.15, 0.2) is 0 Å². The zero-order valence-corrected chi connectivity index (χ0v) is 12.4. The first-order valence-corrected chi connectivity index (χ1v) is 7.47. The zero-order valence-electron chi connectivity index (χ0n) is 12.4. The lowest BCUT2D eigenvalue weighted by Gasteiger charge is -2.32.